The predicted molar refractivity (Wildman–Crippen MR) is 74.6 cm³/mol. The van der Waals surface area contributed by atoms with E-state index in [9.17, 15) is 5.11 Å². The quantitative estimate of drug-likeness (QED) is 0.850. The minimum absolute atomic E-state index is 0.148. The van der Waals surface area contributed by atoms with Crippen molar-refractivity contribution in [3.05, 3.63) is 30.0 Å². The Kier molecular flexibility index (Phi) is 4.37. The number of rotatable bonds is 6. The van der Waals surface area contributed by atoms with E-state index < -0.39 is 0 Å². The second-order valence-electron chi connectivity index (χ2n) is 4.92. The van der Waals surface area contributed by atoms with Crippen LogP contribution in [-0.4, -0.2) is 21.0 Å². The van der Waals surface area contributed by atoms with Crippen LogP contribution in [0.1, 0.15) is 38.3 Å². The van der Waals surface area contributed by atoms with Crippen molar-refractivity contribution in [1.29, 1.82) is 0 Å². The second-order valence-corrected chi connectivity index (χ2v) is 4.92. The highest BCUT2D eigenvalue weighted by Gasteiger charge is 2.08. The molecule has 1 N–H and O–H groups in total. The molecule has 1 unspecified atom stereocenters. The summed E-state index contributed by atoms with van der Waals surface area (Å²) in [4.78, 5) is 0. The molecule has 0 aliphatic heterocycles. The van der Waals surface area contributed by atoms with Crippen LogP contribution >= 0.6 is 0 Å². The minimum Gasteiger partial charge on any atom is -0.393 e. The van der Waals surface area contributed by atoms with Crippen molar-refractivity contribution in [2.45, 2.75) is 45.1 Å². The average molecular weight is 246 g/mol. The van der Waals surface area contributed by atoms with Crippen molar-refractivity contribution >= 4 is 10.9 Å². The first-order chi connectivity index (χ1) is 8.72. The number of para-hydroxylation sites is 1. The van der Waals surface area contributed by atoms with Crippen molar-refractivity contribution in [2.75, 3.05) is 0 Å². The fourth-order valence-electron chi connectivity index (χ4n) is 2.46. The first-order valence-corrected chi connectivity index (χ1v) is 6.81. The standard InChI is InChI=1S/C15H22N2O/c1-3-7-12(18)8-6-10-14-13-9-4-5-11-15(13)17(2)16-14/h4-5,9,11-12,18H,3,6-8,10H2,1-2H3. The van der Waals surface area contributed by atoms with E-state index in [0.717, 1.165) is 37.8 Å². The number of benzene rings is 1. The van der Waals surface area contributed by atoms with Crippen LogP contribution in [0.5, 0.6) is 0 Å². The topological polar surface area (TPSA) is 38.1 Å². The highest BCUT2D eigenvalue weighted by Crippen LogP contribution is 2.19. The van der Waals surface area contributed by atoms with Gasteiger partial charge in [0.05, 0.1) is 17.3 Å². The molecule has 0 radical (unpaired) electrons. The van der Waals surface area contributed by atoms with Gasteiger partial charge in [0.25, 0.3) is 0 Å². The summed E-state index contributed by atoms with van der Waals surface area (Å²) in [7, 11) is 1.98. The molecule has 0 saturated carbocycles. The molecule has 1 atom stereocenters. The highest BCUT2D eigenvalue weighted by atomic mass is 16.3. The Bertz CT molecular complexity index is 504. The van der Waals surface area contributed by atoms with Gasteiger partial charge in [-0.15, -0.1) is 0 Å². The molecule has 0 saturated heterocycles. The Labute approximate surface area is 108 Å². The van der Waals surface area contributed by atoms with Gasteiger partial charge in [0.2, 0.25) is 0 Å². The predicted octanol–water partition coefficient (Wildman–Crippen LogP) is 3.06. The van der Waals surface area contributed by atoms with Crippen molar-refractivity contribution in [3.63, 3.8) is 0 Å². The van der Waals surface area contributed by atoms with Crippen molar-refractivity contribution < 1.29 is 5.11 Å². The van der Waals surface area contributed by atoms with E-state index in [4.69, 9.17) is 0 Å². The van der Waals surface area contributed by atoms with Crippen LogP contribution in [0.25, 0.3) is 10.9 Å². The van der Waals surface area contributed by atoms with Crippen LogP contribution < -0.4 is 0 Å². The molecular formula is C15H22N2O. The van der Waals surface area contributed by atoms with Gasteiger partial charge in [-0.3, -0.25) is 4.68 Å². The first-order valence-electron chi connectivity index (χ1n) is 6.81. The van der Waals surface area contributed by atoms with E-state index in [0.29, 0.717) is 0 Å². The number of aromatic nitrogens is 2. The van der Waals surface area contributed by atoms with E-state index in [2.05, 4.69) is 30.2 Å². The lowest BCUT2D eigenvalue weighted by molar-refractivity contribution is 0.151. The largest absolute Gasteiger partial charge is 0.393 e. The molecule has 0 aliphatic rings. The van der Waals surface area contributed by atoms with Gasteiger partial charge in [-0.2, -0.15) is 5.10 Å². The summed E-state index contributed by atoms with van der Waals surface area (Å²) in [5.74, 6) is 0. The smallest absolute Gasteiger partial charge is 0.0703 e. The van der Waals surface area contributed by atoms with E-state index in [1.165, 1.54) is 10.9 Å². The van der Waals surface area contributed by atoms with Gasteiger partial charge < -0.3 is 5.11 Å². The second kappa shape index (κ2) is 6.01. The lowest BCUT2D eigenvalue weighted by Crippen LogP contribution is -2.06. The lowest BCUT2D eigenvalue weighted by Gasteiger charge is -2.07. The number of hydrogen-bond acceptors (Lipinski definition) is 2. The Morgan fingerprint density at radius 3 is 2.83 bits per heavy atom. The summed E-state index contributed by atoms with van der Waals surface area (Å²) >= 11 is 0. The molecule has 1 aromatic heterocycles. The minimum atomic E-state index is -0.148. The van der Waals surface area contributed by atoms with Gasteiger partial charge in [-0.1, -0.05) is 31.5 Å². The normalized spacial score (nSPS) is 13.1. The molecule has 2 rings (SSSR count). The summed E-state index contributed by atoms with van der Waals surface area (Å²) in [5, 5.41) is 15.5. The molecule has 18 heavy (non-hydrogen) atoms. The third-order valence-corrected chi connectivity index (χ3v) is 3.41. The average Bonchev–Trinajstić information content (AvgIpc) is 2.68. The zero-order chi connectivity index (χ0) is 13.0. The van der Waals surface area contributed by atoms with Crippen LogP contribution in [0, 0.1) is 0 Å². The monoisotopic (exact) mass is 246 g/mol. The molecule has 0 amide bonds. The fraction of sp³-hybridized carbons (Fsp3) is 0.533. The molecule has 3 heteroatoms. The zero-order valence-electron chi connectivity index (χ0n) is 11.3. The third kappa shape index (κ3) is 2.91. The highest BCUT2D eigenvalue weighted by molar-refractivity contribution is 5.81. The van der Waals surface area contributed by atoms with Crippen molar-refractivity contribution in [2.24, 2.45) is 7.05 Å². The van der Waals surface area contributed by atoms with Crippen LogP contribution in [0.15, 0.2) is 24.3 Å². The summed E-state index contributed by atoms with van der Waals surface area (Å²) in [6, 6.07) is 8.32. The first kappa shape index (κ1) is 13.1. The molecule has 3 nitrogen and oxygen atoms in total. The van der Waals surface area contributed by atoms with Crippen LogP contribution in [-0.2, 0) is 13.5 Å². The van der Waals surface area contributed by atoms with Gasteiger partial charge >= 0.3 is 0 Å². The molecule has 0 bridgehead atoms. The maximum Gasteiger partial charge on any atom is 0.0703 e. The Morgan fingerprint density at radius 2 is 2.06 bits per heavy atom. The third-order valence-electron chi connectivity index (χ3n) is 3.41. The van der Waals surface area contributed by atoms with E-state index in [-0.39, 0.29) is 6.10 Å². The number of hydrogen-bond donors (Lipinski definition) is 1. The van der Waals surface area contributed by atoms with Gasteiger partial charge in [0, 0.05) is 12.4 Å². The number of fused-ring (bicyclic) bond motifs is 1. The molecule has 0 spiro atoms. The van der Waals surface area contributed by atoms with Gasteiger partial charge in [0.1, 0.15) is 0 Å². The summed E-state index contributed by atoms with van der Waals surface area (Å²) in [6.45, 7) is 2.11. The van der Waals surface area contributed by atoms with Crippen LogP contribution in [0.2, 0.25) is 0 Å². The van der Waals surface area contributed by atoms with Gasteiger partial charge in [0.15, 0.2) is 0 Å². The Morgan fingerprint density at radius 1 is 1.28 bits per heavy atom. The lowest BCUT2D eigenvalue weighted by atomic mass is 10.1. The maximum atomic E-state index is 9.72. The van der Waals surface area contributed by atoms with Gasteiger partial charge in [-0.05, 0) is 31.7 Å². The van der Waals surface area contributed by atoms with E-state index in [1.807, 2.05) is 17.8 Å². The molecule has 1 heterocycles. The summed E-state index contributed by atoms with van der Waals surface area (Å²) in [5.41, 5.74) is 2.33. The number of aliphatic hydroxyl groups excluding tert-OH is 1. The summed E-state index contributed by atoms with van der Waals surface area (Å²) < 4.78 is 1.94. The number of nitrogens with zero attached hydrogens (tertiary/aromatic N) is 2. The van der Waals surface area contributed by atoms with Crippen LogP contribution in [0.3, 0.4) is 0 Å². The fourth-order valence-corrected chi connectivity index (χ4v) is 2.46. The van der Waals surface area contributed by atoms with Crippen molar-refractivity contribution in [3.8, 4) is 0 Å². The molecular weight excluding hydrogens is 224 g/mol. The van der Waals surface area contributed by atoms with Crippen molar-refractivity contribution in [1.82, 2.24) is 9.78 Å². The Balaban J connectivity index is 2.00. The number of aliphatic hydroxyl groups is 1. The number of aryl methyl sites for hydroxylation is 2. The summed E-state index contributed by atoms with van der Waals surface area (Å²) in [6.07, 6.45) is 4.63. The van der Waals surface area contributed by atoms with E-state index in [1.54, 1.807) is 0 Å². The van der Waals surface area contributed by atoms with E-state index >= 15 is 0 Å². The Hall–Kier alpha value is -1.35. The SMILES string of the molecule is CCCC(O)CCCc1nn(C)c2ccccc12. The molecule has 98 valence electrons. The van der Waals surface area contributed by atoms with Crippen LogP contribution in [0.4, 0.5) is 0 Å². The molecule has 1 aromatic carbocycles. The molecule has 0 fully saturated rings. The molecule has 0 aliphatic carbocycles. The van der Waals surface area contributed by atoms with Gasteiger partial charge in [-0.25, -0.2) is 0 Å². The zero-order valence-corrected chi connectivity index (χ0v) is 11.3. The maximum absolute atomic E-state index is 9.72. The molecule has 2 aromatic rings.